The Morgan fingerprint density at radius 1 is 1.38 bits per heavy atom. The molecule has 1 N–H and O–H groups in total. The number of alkyl halides is 5. The van der Waals surface area contributed by atoms with Crippen molar-refractivity contribution in [2.75, 3.05) is 17.6 Å². The second-order valence-electron chi connectivity index (χ2n) is 6.38. The Morgan fingerprint density at radius 3 is 2.69 bits per heavy atom. The number of hydrogen-bond donors (Lipinski definition) is 1. The number of halogens is 4. The summed E-state index contributed by atoms with van der Waals surface area (Å²) in [6, 6.07) is 3.28. The second-order valence-corrected chi connectivity index (χ2v) is 12.7. The van der Waals surface area contributed by atoms with Crippen LogP contribution in [0.3, 0.4) is 0 Å². The quantitative estimate of drug-likeness (QED) is 0.296. The molecule has 1 amide bonds. The van der Waals surface area contributed by atoms with E-state index in [9.17, 15) is 18.0 Å². The summed E-state index contributed by atoms with van der Waals surface area (Å²) < 4.78 is 48.0. The number of fused-ring (bicyclic) bond motifs is 3. The number of hydrogen-bond acceptors (Lipinski definition) is 5. The SMILES string of the molecule is Cc1c(-c2ccc(C(=O)NI3CN4CCC3CC4)s2)noc1C(F)(F)F. The van der Waals surface area contributed by atoms with Gasteiger partial charge in [-0.25, -0.2) is 0 Å². The van der Waals surface area contributed by atoms with E-state index in [0.29, 0.717) is 13.7 Å². The van der Waals surface area contributed by atoms with Crippen molar-refractivity contribution in [2.45, 2.75) is 29.9 Å². The number of nitrogens with one attached hydrogen (secondary N) is 1. The molecular formula is C16H17F3IN3O2S. The molecule has 3 aliphatic heterocycles. The maximum absolute atomic E-state index is 12.9. The van der Waals surface area contributed by atoms with Crippen LogP contribution < -0.4 is 3.53 Å². The van der Waals surface area contributed by atoms with E-state index in [-0.39, 0.29) is 17.2 Å². The molecule has 0 radical (unpaired) electrons. The Balaban J connectivity index is 1.50. The van der Waals surface area contributed by atoms with Gasteiger partial charge in [-0.3, -0.25) is 0 Å². The molecule has 2 bridgehead atoms. The number of carbonyl (C=O) groups excluding carboxylic acids is 1. The van der Waals surface area contributed by atoms with E-state index in [1.54, 1.807) is 12.1 Å². The normalized spacial score (nSPS) is 24.1. The van der Waals surface area contributed by atoms with Crippen molar-refractivity contribution in [3.63, 3.8) is 0 Å². The molecule has 5 heterocycles. The minimum atomic E-state index is -4.57. The standard InChI is InChI=1S/C16H17F3IN3O2S/c1-9-13(22-25-14(9)16(17,18)19)11-2-3-12(26-11)15(24)21-20-8-23-6-4-10(20)5-7-23/h2-3,10H,4-8H2,1H3,(H,21,24). The molecule has 5 nitrogen and oxygen atoms in total. The summed E-state index contributed by atoms with van der Waals surface area (Å²) in [5.41, 5.74) is 0.0855. The summed E-state index contributed by atoms with van der Waals surface area (Å²) in [6.07, 6.45) is -2.24. The summed E-state index contributed by atoms with van der Waals surface area (Å²) in [6.45, 7) is 3.59. The molecule has 0 aliphatic carbocycles. The van der Waals surface area contributed by atoms with Crippen LogP contribution >= 0.6 is 31.4 Å². The fourth-order valence-electron chi connectivity index (χ4n) is 3.25. The molecular weight excluding hydrogens is 482 g/mol. The van der Waals surface area contributed by atoms with E-state index >= 15 is 0 Å². The Bertz CT molecular complexity index is 827. The van der Waals surface area contributed by atoms with Crippen LogP contribution in [-0.4, -0.2) is 37.5 Å². The molecule has 0 spiro atoms. The summed E-state index contributed by atoms with van der Waals surface area (Å²) in [7, 11) is 0. The van der Waals surface area contributed by atoms with Crippen LogP contribution in [0.25, 0.3) is 10.6 Å². The number of thiophene rings is 1. The van der Waals surface area contributed by atoms with Crippen LogP contribution in [0, 0.1) is 6.92 Å². The van der Waals surface area contributed by atoms with Crippen LogP contribution in [0.2, 0.25) is 0 Å². The first-order chi connectivity index (χ1) is 12.3. The van der Waals surface area contributed by atoms with Crippen LogP contribution in [0.1, 0.15) is 33.8 Å². The van der Waals surface area contributed by atoms with E-state index in [1.807, 2.05) is 0 Å². The van der Waals surface area contributed by atoms with Gasteiger partial charge in [-0.05, 0) is 0 Å². The molecule has 26 heavy (non-hydrogen) atoms. The molecule has 3 saturated heterocycles. The van der Waals surface area contributed by atoms with Gasteiger partial charge in [0.05, 0.1) is 0 Å². The first-order valence-corrected chi connectivity index (χ1v) is 12.8. The van der Waals surface area contributed by atoms with Crippen molar-refractivity contribution < 1.29 is 22.5 Å². The van der Waals surface area contributed by atoms with Crippen LogP contribution in [0.15, 0.2) is 16.7 Å². The summed E-state index contributed by atoms with van der Waals surface area (Å²) >= 11 is -0.404. The van der Waals surface area contributed by atoms with Crippen molar-refractivity contribution in [2.24, 2.45) is 0 Å². The van der Waals surface area contributed by atoms with Crippen LogP contribution in [-0.2, 0) is 6.18 Å². The number of rotatable bonds is 3. The average Bonchev–Trinajstić information content (AvgIpc) is 3.22. The summed E-state index contributed by atoms with van der Waals surface area (Å²) in [4.78, 5) is 16.0. The number of piperidine rings is 1. The zero-order valence-electron chi connectivity index (χ0n) is 13.9. The third-order valence-corrected chi connectivity index (χ3v) is 12.0. The van der Waals surface area contributed by atoms with Gasteiger partial charge in [0.25, 0.3) is 0 Å². The van der Waals surface area contributed by atoms with E-state index in [1.165, 1.54) is 19.8 Å². The fourth-order valence-corrected chi connectivity index (χ4v) is 10.2. The van der Waals surface area contributed by atoms with Crippen molar-refractivity contribution in [1.29, 1.82) is 0 Å². The molecule has 5 rings (SSSR count). The Morgan fingerprint density at radius 2 is 2.12 bits per heavy atom. The zero-order valence-corrected chi connectivity index (χ0v) is 16.9. The van der Waals surface area contributed by atoms with E-state index < -0.39 is 32.0 Å². The van der Waals surface area contributed by atoms with Crippen LogP contribution in [0.5, 0.6) is 0 Å². The number of aromatic nitrogens is 1. The third-order valence-electron chi connectivity index (χ3n) is 4.64. The van der Waals surface area contributed by atoms with Crippen molar-refractivity contribution in [3.8, 4) is 10.6 Å². The van der Waals surface area contributed by atoms with Crippen molar-refractivity contribution in [1.82, 2.24) is 13.6 Å². The molecule has 2 aromatic heterocycles. The summed E-state index contributed by atoms with van der Waals surface area (Å²) in [5.74, 6) is -1.20. The maximum atomic E-state index is 12.9. The first kappa shape index (κ1) is 18.2. The number of amides is 1. The van der Waals surface area contributed by atoms with Gasteiger partial charge in [0.15, 0.2) is 0 Å². The minimum absolute atomic E-state index is 0.0562. The van der Waals surface area contributed by atoms with Gasteiger partial charge >= 0.3 is 160 Å². The predicted octanol–water partition coefficient (Wildman–Crippen LogP) is 4.32. The van der Waals surface area contributed by atoms with Gasteiger partial charge in [0.2, 0.25) is 0 Å². The molecule has 3 fully saturated rings. The molecule has 10 heteroatoms. The van der Waals surface area contributed by atoms with Crippen LogP contribution in [0.4, 0.5) is 13.2 Å². The van der Waals surface area contributed by atoms with Gasteiger partial charge in [0.1, 0.15) is 0 Å². The summed E-state index contributed by atoms with van der Waals surface area (Å²) in [5, 5.41) is 3.56. The van der Waals surface area contributed by atoms with Gasteiger partial charge in [-0.15, -0.1) is 0 Å². The zero-order chi connectivity index (χ0) is 18.5. The first-order valence-electron chi connectivity index (χ1n) is 8.14. The topological polar surface area (TPSA) is 58.4 Å². The van der Waals surface area contributed by atoms with Crippen molar-refractivity contribution >= 4 is 37.3 Å². The van der Waals surface area contributed by atoms with Gasteiger partial charge in [-0.2, -0.15) is 0 Å². The van der Waals surface area contributed by atoms with Crippen molar-refractivity contribution in [3.05, 3.63) is 28.3 Å². The van der Waals surface area contributed by atoms with E-state index in [4.69, 9.17) is 0 Å². The third kappa shape index (κ3) is 3.38. The Labute approximate surface area is 159 Å². The fraction of sp³-hybridized carbons (Fsp3) is 0.500. The molecule has 142 valence electrons. The average molecular weight is 499 g/mol. The second kappa shape index (κ2) is 6.79. The molecule has 3 aliphatic rings. The molecule has 0 atom stereocenters. The number of nitrogens with zero attached hydrogens (tertiary/aromatic N) is 2. The molecule has 0 unspecified atom stereocenters. The Hall–Kier alpha value is -1.14. The van der Waals surface area contributed by atoms with E-state index in [0.717, 1.165) is 29.0 Å². The molecule has 2 aromatic rings. The monoisotopic (exact) mass is 499 g/mol. The van der Waals surface area contributed by atoms with Gasteiger partial charge in [0, 0.05) is 0 Å². The van der Waals surface area contributed by atoms with Gasteiger partial charge < -0.3 is 0 Å². The molecule has 0 saturated carbocycles. The Kier molecular flexibility index (Phi) is 4.76. The molecule has 0 aromatic carbocycles. The number of carbonyl (C=O) groups is 1. The van der Waals surface area contributed by atoms with Gasteiger partial charge in [-0.1, -0.05) is 0 Å². The predicted molar refractivity (Wildman–Crippen MR) is 101 cm³/mol. The van der Waals surface area contributed by atoms with E-state index in [2.05, 4.69) is 18.1 Å².